The molecule has 4 nitrogen and oxygen atoms in total. The van der Waals surface area contributed by atoms with Crippen molar-refractivity contribution >= 4 is 28.5 Å². The number of rotatable bonds is 2. The number of furan rings is 1. The Morgan fingerprint density at radius 1 is 1.50 bits per heavy atom. The van der Waals surface area contributed by atoms with Gasteiger partial charge >= 0.3 is 5.97 Å². The molecule has 16 heavy (non-hydrogen) atoms. The molecule has 0 radical (unpaired) electrons. The summed E-state index contributed by atoms with van der Waals surface area (Å²) in [4.78, 5) is 11.0. The summed E-state index contributed by atoms with van der Waals surface area (Å²) in [6, 6.07) is 4.44. The molecule has 0 fully saturated rings. The van der Waals surface area contributed by atoms with Crippen LogP contribution in [0.2, 0.25) is 5.02 Å². The Kier molecular flexibility index (Phi) is 2.61. The number of benzene rings is 1. The summed E-state index contributed by atoms with van der Waals surface area (Å²) in [5, 5.41) is 10.0. The fourth-order valence-electron chi connectivity index (χ4n) is 1.52. The van der Waals surface area contributed by atoms with E-state index in [9.17, 15) is 4.79 Å². The minimum absolute atomic E-state index is 0.0504. The molecular weight excluding hydrogens is 230 g/mol. The summed E-state index contributed by atoms with van der Waals surface area (Å²) in [6.07, 6.45) is 0. The van der Waals surface area contributed by atoms with E-state index in [-0.39, 0.29) is 11.6 Å². The van der Waals surface area contributed by atoms with Crippen molar-refractivity contribution in [1.82, 2.24) is 0 Å². The van der Waals surface area contributed by atoms with Crippen LogP contribution >= 0.6 is 11.6 Å². The Hall–Kier alpha value is -1.52. The second-order valence-corrected chi connectivity index (χ2v) is 4.05. The van der Waals surface area contributed by atoms with Crippen molar-refractivity contribution in [2.75, 3.05) is 0 Å². The summed E-state index contributed by atoms with van der Waals surface area (Å²) in [7, 11) is 0. The van der Waals surface area contributed by atoms with Crippen LogP contribution in [0.3, 0.4) is 0 Å². The third-order valence-corrected chi connectivity index (χ3v) is 2.50. The van der Waals surface area contributed by atoms with Crippen LogP contribution in [0.5, 0.6) is 0 Å². The van der Waals surface area contributed by atoms with Crippen molar-refractivity contribution in [1.29, 1.82) is 0 Å². The molecule has 2 aromatic rings. The van der Waals surface area contributed by atoms with Gasteiger partial charge in [0.1, 0.15) is 16.9 Å². The molecule has 3 N–H and O–H groups in total. The monoisotopic (exact) mass is 239 g/mol. The molecule has 0 aliphatic rings. The lowest BCUT2D eigenvalue weighted by Crippen LogP contribution is -2.02. The van der Waals surface area contributed by atoms with Crippen LogP contribution in [0.25, 0.3) is 11.0 Å². The minimum Gasteiger partial charge on any atom is -0.478 e. The van der Waals surface area contributed by atoms with Crippen LogP contribution in [-0.4, -0.2) is 11.1 Å². The number of fused-ring (bicyclic) bond motifs is 1. The number of halogens is 1. The number of carboxylic acid groups (broad SMARTS) is 1. The third-order valence-electron chi connectivity index (χ3n) is 2.28. The quantitative estimate of drug-likeness (QED) is 0.845. The lowest BCUT2D eigenvalue weighted by atomic mass is 10.1. The van der Waals surface area contributed by atoms with Crippen molar-refractivity contribution in [3.05, 3.63) is 34.5 Å². The molecule has 1 unspecified atom stereocenters. The van der Waals surface area contributed by atoms with E-state index in [1.807, 2.05) is 0 Å². The maximum absolute atomic E-state index is 11.0. The number of carboxylic acids is 1. The first-order chi connectivity index (χ1) is 7.49. The lowest BCUT2D eigenvalue weighted by Gasteiger charge is -1.98. The summed E-state index contributed by atoms with van der Waals surface area (Å²) in [5.74, 6) is -0.530. The molecule has 1 aromatic heterocycles. The fraction of sp³-hybridized carbons (Fsp3) is 0.182. The van der Waals surface area contributed by atoms with Gasteiger partial charge in [-0.1, -0.05) is 11.6 Å². The Bertz CT molecular complexity index is 560. The summed E-state index contributed by atoms with van der Waals surface area (Å²) < 4.78 is 5.41. The second-order valence-electron chi connectivity index (χ2n) is 3.61. The molecule has 0 bridgehead atoms. The zero-order chi connectivity index (χ0) is 11.9. The molecule has 1 atom stereocenters. The van der Waals surface area contributed by atoms with E-state index in [0.717, 1.165) is 0 Å². The van der Waals surface area contributed by atoms with Crippen molar-refractivity contribution in [3.8, 4) is 0 Å². The summed E-state index contributed by atoms with van der Waals surface area (Å²) in [5.41, 5.74) is 6.03. The second kappa shape index (κ2) is 3.81. The molecule has 0 saturated carbocycles. The highest BCUT2D eigenvalue weighted by Gasteiger charge is 2.16. The van der Waals surface area contributed by atoms with Crippen molar-refractivity contribution < 1.29 is 14.3 Å². The molecule has 2 rings (SSSR count). The summed E-state index contributed by atoms with van der Waals surface area (Å²) in [6.45, 7) is 1.76. The van der Waals surface area contributed by atoms with Gasteiger partial charge in [0, 0.05) is 10.4 Å². The van der Waals surface area contributed by atoms with E-state index in [1.54, 1.807) is 19.1 Å². The van der Waals surface area contributed by atoms with Crippen LogP contribution in [-0.2, 0) is 0 Å². The van der Waals surface area contributed by atoms with E-state index in [1.165, 1.54) is 6.07 Å². The normalized spacial score (nSPS) is 12.9. The Balaban J connectivity index is 2.75. The van der Waals surface area contributed by atoms with E-state index >= 15 is 0 Å². The highest BCUT2D eigenvalue weighted by molar-refractivity contribution is 6.32. The molecule has 0 aliphatic carbocycles. The molecule has 1 aromatic carbocycles. The highest BCUT2D eigenvalue weighted by Crippen LogP contribution is 2.29. The van der Waals surface area contributed by atoms with Gasteiger partial charge in [0.05, 0.1) is 6.04 Å². The van der Waals surface area contributed by atoms with Crippen LogP contribution in [0.15, 0.2) is 22.6 Å². The Labute approximate surface area is 96.6 Å². The maximum Gasteiger partial charge on any atom is 0.339 e. The highest BCUT2D eigenvalue weighted by atomic mass is 35.5. The van der Waals surface area contributed by atoms with Gasteiger partial charge in [0.25, 0.3) is 0 Å². The van der Waals surface area contributed by atoms with E-state index in [0.29, 0.717) is 21.8 Å². The topological polar surface area (TPSA) is 76.5 Å². The SMILES string of the molecule is CC(N)c1cc2cc(Cl)cc(C(=O)O)c2o1. The number of aromatic carboxylic acids is 1. The average molecular weight is 240 g/mol. The van der Waals surface area contributed by atoms with Gasteiger partial charge in [-0.25, -0.2) is 4.79 Å². The smallest absolute Gasteiger partial charge is 0.339 e. The van der Waals surface area contributed by atoms with Gasteiger partial charge in [0.15, 0.2) is 0 Å². The first-order valence-electron chi connectivity index (χ1n) is 4.71. The zero-order valence-corrected chi connectivity index (χ0v) is 9.28. The van der Waals surface area contributed by atoms with E-state index in [2.05, 4.69) is 0 Å². The third kappa shape index (κ3) is 1.77. The molecule has 0 spiro atoms. The van der Waals surface area contributed by atoms with Crippen molar-refractivity contribution in [3.63, 3.8) is 0 Å². The molecule has 1 heterocycles. The van der Waals surface area contributed by atoms with Crippen LogP contribution in [0.1, 0.15) is 29.1 Å². The average Bonchev–Trinajstić information content (AvgIpc) is 2.59. The predicted molar refractivity (Wildman–Crippen MR) is 60.8 cm³/mol. The van der Waals surface area contributed by atoms with Gasteiger partial charge in [-0.2, -0.15) is 0 Å². The van der Waals surface area contributed by atoms with Crippen molar-refractivity contribution in [2.24, 2.45) is 5.73 Å². The lowest BCUT2D eigenvalue weighted by molar-refractivity contribution is 0.0698. The van der Waals surface area contributed by atoms with E-state index < -0.39 is 5.97 Å². The molecule has 5 heteroatoms. The van der Waals surface area contributed by atoms with Crippen LogP contribution < -0.4 is 5.73 Å². The molecular formula is C11H10ClNO3. The first-order valence-corrected chi connectivity index (χ1v) is 5.08. The zero-order valence-electron chi connectivity index (χ0n) is 8.53. The van der Waals surface area contributed by atoms with Gasteiger partial charge in [-0.3, -0.25) is 0 Å². The van der Waals surface area contributed by atoms with E-state index in [4.69, 9.17) is 26.9 Å². The molecule has 0 saturated heterocycles. The predicted octanol–water partition coefficient (Wildman–Crippen LogP) is 2.80. The van der Waals surface area contributed by atoms with Crippen LogP contribution in [0, 0.1) is 0 Å². The molecule has 84 valence electrons. The number of carbonyl (C=O) groups is 1. The minimum atomic E-state index is -1.07. The first kappa shape index (κ1) is 11.0. The number of hydrogen-bond donors (Lipinski definition) is 2. The Morgan fingerprint density at radius 3 is 2.75 bits per heavy atom. The maximum atomic E-state index is 11.0. The molecule has 0 amide bonds. The van der Waals surface area contributed by atoms with Gasteiger partial charge in [-0.05, 0) is 25.1 Å². The fourth-order valence-corrected chi connectivity index (χ4v) is 1.75. The number of nitrogens with two attached hydrogens (primary N) is 1. The van der Waals surface area contributed by atoms with Crippen molar-refractivity contribution in [2.45, 2.75) is 13.0 Å². The standard InChI is InChI=1S/C11H10ClNO3/c1-5(13)9-3-6-2-7(12)4-8(11(14)15)10(6)16-9/h2-5H,13H2,1H3,(H,14,15). The van der Waals surface area contributed by atoms with Gasteiger partial charge < -0.3 is 15.3 Å². The van der Waals surface area contributed by atoms with Gasteiger partial charge in [0.2, 0.25) is 0 Å². The number of hydrogen-bond acceptors (Lipinski definition) is 3. The Morgan fingerprint density at radius 2 is 2.19 bits per heavy atom. The van der Waals surface area contributed by atoms with Gasteiger partial charge in [-0.15, -0.1) is 0 Å². The summed E-state index contributed by atoms with van der Waals surface area (Å²) >= 11 is 5.82. The molecule has 0 aliphatic heterocycles. The largest absolute Gasteiger partial charge is 0.478 e. The van der Waals surface area contributed by atoms with Crippen LogP contribution in [0.4, 0.5) is 0 Å².